The molecule has 8 heteroatoms. The molecule has 0 spiro atoms. The molecule has 4 rings (SSSR count). The first-order valence-corrected chi connectivity index (χ1v) is 9.31. The van der Waals surface area contributed by atoms with Crippen LogP contribution >= 0.6 is 11.3 Å². The highest BCUT2D eigenvalue weighted by Crippen LogP contribution is 2.47. The number of phenols is 1. The van der Waals surface area contributed by atoms with Gasteiger partial charge in [0, 0.05) is 17.3 Å². The van der Waals surface area contributed by atoms with Gasteiger partial charge in [0.1, 0.15) is 16.9 Å². The molecule has 1 saturated carbocycles. The second kappa shape index (κ2) is 6.28. The van der Waals surface area contributed by atoms with Gasteiger partial charge in [-0.05, 0) is 25.0 Å². The summed E-state index contributed by atoms with van der Waals surface area (Å²) in [6, 6.07) is 1.97. The SMILES string of the molecule is CC1(C(=O)N2CCO[C@@H](c3nc(-c4c(O)ccc(F)c4F)cs3)C2)CC1. The Bertz CT molecular complexity index is 866. The topological polar surface area (TPSA) is 62.7 Å². The van der Waals surface area contributed by atoms with Gasteiger partial charge in [-0.25, -0.2) is 13.8 Å². The van der Waals surface area contributed by atoms with Crippen molar-refractivity contribution in [2.75, 3.05) is 19.7 Å². The Morgan fingerprint density at radius 1 is 1.42 bits per heavy atom. The number of aromatic nitrogens is 1. The van der Waals surface area contributed by atoms with Crippen molar-refractivity contribution >= 4 is 17.2 Å². The zero-order valence-electron chi connectivity index (χ0n) is 14.2. The zero-order chi connectivity index (χ0) is 18.5. The highest BCUT2D eigenvalue weighted by Gasteiger charge is 2.48. The number of benzene rings is 1. The standard InChI is InChI=1S/C18H18F2N2O3S/c1-18(4-5-18)17(24)22-6-7-25-13(8-22)16-21-11(9-26-16)14-12(23)3-2-10(19)15(14)20/h2-3,9,13,23H,4-8H2,1H3/t13-/m1/s1. The van der Waals surface area contributed by atoms with Crippen molar-refractivity contribution in [3.8, 4) is 17.0 Å². The third-order valence-electron chi connectivity index (χ3n) is 5.00. The van der Waals surface area contributed by atoms with Crippen LogP contribution in [0.15, 0.2) is 17.5 Å². The molecule has 0 unspecified atom stereocenters. The Kier molecular flexibility index (Phi) is 4.19. The molecule has 26 heavy (non-hydrogen) atoms. The van der Waals surface area contributed by atoms with Gasteiger partial charge >= 0.3 is 0 Å². The van der Waals surface area contributed by atoms with Crippen LogP contribution in [0.2, 0.25) is 0 Å². The molecule has 2 heterocycles. The Labute approximate surface area is 153 Å². The van der Waals surface area contributed by atoms with Crippen molar-refractivity contribution in [3.05, 3.63) is 34.2 Å². The Morgan fingerprint density at radius 3 is 2.92 bits per heavy atom. The first kappa shape index (κ1) is 17.4. The van der Waals surface area contributed by atoms with E-state index in [2.05, 4.69) is 4.98 Å². The third-order valence-corrected chi connectivity index (χ3v) is 5.93. The molecule has 1 amide bonds. The van der Waals surface area contributed by atoms with Crippen LogP contribution in [0.5, 0.6) is 5.75 Å². The van der Waals surface area contributed by atoms with E-state index in [9.17, 15) is 18.7 Å². The lowest BCUT2D eigenvalue weighted by Crippen LogP contribution is -2.45. The maximum Gasteiger partial charge on any atom is 0.228 e. The first-order valence-electron chi connectivity index (χ1n) is 8.43. The van der Waals surface area contributed by atoms with Crippen LogP contribution in [0.25, 0.3) is 11.3 Å². The molecular weight excluding hydrogens is 362 g/mol. The molecule has 2 aliphatic rings. The second-order valence-electron chi connectivity index (χ2n) is 7.00. The number of carbonyl (C=O) groups excluding carboxylic acids is 1. The van der Waals surface area contributed by atoms with Crippen LogP contribution < -0.4 is 0 Å². The molecule has 0 radical (unpaired) electrons. The van der Waals surface area contributed by atoms with E-state index < -0.39 is 17.7 Å². The number of morpholine rings is 1. The smallest absolute Gasteiger partial charge is 0.228 e. The number of nitrogens with zero attached hydrogens (tertiary/aromatic N) is 2. The fraction of sp³-hybridized carbons (Fsp3) is 0.444. The number of phenolic OH excluding ortho intramolecular Hbond substituents is 1. The van der Waals surface area contributed by atoms with Crippen LogP contribution in [0.3, 0.4) is 0 Å². The molecule has 1 atom stereocenters. The minimum atomic E-state index is -1.13. The lowest BCUT2D eigenvalue weighted by atomic mass is 10.1. The fourth-order valence-corrected chi connectivity index (χ4v) is 3.95. The van der Waals surface area contributed by atoms with E-state index in [4.69, 9.17) is 4.74 Å². The molecule has 1 aliphatic carbocycles. The summed E-state index contributed by atoms with van der Waals surface area (Å²) in [6.45, 7) is 3.30. The number of rotatable bonds is 3. The van der Waals surface area contributed by atoms with Gasteiger partial charge in [-0.3, -0.25) is 4.79 Å². The number of hydrogen-bond acceptors (Lipinski definition) is 5. The Balaban J connectivity index is 1.57. The molecule has 2 aromatic rings. The van der Waals surface area contributed by atoms with Crippen LogP contribution in [0.4, 0.5) is 8.78 Å². The van der Waals surface area contributed by atoms with Gasteiger partial charge in [0.15, 0.2) is 11.6 Å². The summed E-state index contributed by atoms with van der Waals surface area (Å²) in [5.74, 6) is -2.42. The summed E-state index contributed by atoms with van der Waals surface area (Å²) >= 11 is 1.24. The van der Waals surface area contributed by atoms with Gasteiger partial charge in [0.05, 0.1) is 24.4 Å². The molecule has 1 saturated heterocycles. The lowest BCUT2D eigenvalue weighted by Gasteiger charge is -2.33. The number of amides is 1. The number of hydrogen-bond donors (Lipinski definition) is 1. The van der Waals surface area contributed by atoms with E-state index in [1.165, 1.54) is 11.3 Å². The average molecular weight is 380 g/mol. The molecule has 0 bridgehead atoms. The second-order valence-corrected chi connectivity index (χ2v) is 7.89. The molecule has 138 valence electrons. The quantitative estimate of drug-likeness (QED) is 0.885. The summed E-state index contributed by atoms with van der Waals surface area (Å²) in [4.78, 5) is 18.7. The predicted molar refractivity (Wildman–Crippen MR) is 91.7 cm³/mol. The summed E-state index contributed by atoms with van der Waals surface area (Å²) in [5.41, 5.74) is -0.352. The van der Waals surface area contributed by atoms with Gasteiger partial charge in [-0.1, -0.05) is 6.92 Å². The predicted octanol–water partition coefficient (Wildman–Crippen LogP) is 3.49. The lowest BCUT2D eigenvalue weighted by molar-refractivity contribution is -0.144. The average Bonchev–Trinajstić information content (AvgIpc) is 3.20. The summed E-state index contributed by atoms with van der Waals surface area (Å²) in [5, 5.41) is 12.0. The van der Waals surface area contributed by atoms with Crippen molar-refractivity contribution < 1.29 is 23.4 Å². The molecular formula is C18H18F2N2O3S. The normalized spacial score (nSPS) is 21.7. The monoisotopic (exact) mass is 380 g/mol. The minimum absolute atomic E-state index is 0.136. The minimum Gasteiger partial charge on any atom is -0.507 e. The number of ether oxygens (including phenoxy) is 1. The van der Waals surface area contributed by atoms with Crippen molar-refractivity contribution in [2.24, 2.45) is 5.41 Å². The van der Waals surface area contributed by atoms with Gasteiger partial charge in [-0.15, -0.1) is 11.3 Å². The fourth-order valence-electron chi connectivity index (χ4n) is 3.10. The molecule has 1 aromatic heterocycles. The highest BCUT2D eigenvalue weighted by molar-refractivity contribution is 7.10. The van der Waals surface area contributed by atoms with Gasteiger partial charge in [-0.2, -0.15) is 0 Å². The van der Waals surface area contributed by atoms with E-state index >= 15 is 0 Å². The molecule has 5 nitrogen and oxygen atoms in total. The maximum absolute atomic E-state index is 14.1. The van der Waals surface area contributed by atoms with Crippen molar-refractivity contribution in [3.63, 3.8) is 0 Å². The van der Waals surface area contributed by atoms with E-state index in [-0.39, 0.29) is 28.3 Å². The molecule has 1 aromatic carbocycles. The van der Waals surface area contributed by atoms with Crippen LogP contribution in [-0.4, -0.2) is 40.6 Å². The largest absolute Gasteiger partial charge is 0.507 e. The van der Waals surface area contributed by atoms with Crippen molar-refractivity contribution in [2.45, 2.75) is 25.9 Å². The van der Waals surface area contributed by atoms with E-state index in [0.29, 0.717) is 24.7 Å². The van der Waals surface area contributed by atoms with E-state index in [1.807, 2.05) is 6.92 Å². The number of halogens is 2. The van der Waals surface area contributed by atoms with Crippen LogP contribution in [-0.2, 0) is 9.53 Å². The van der Waals surface area contributed by atoms with Crippen molar-refractivity contribution in [1.82, 2.24) is 9.88 Å². The summed E-state index contributed by atoms with van der Waals surface area (Å²) in [6.07, 6.45) is 1.41. The Morgan fingerprint density at radius 2 is 2.19 bits per heavy atom. The van der Waals surface area contributed by atoms with Gasteiger partial charge in [0.2, 0.25) is 5.91 Å². The van der Waals surface area contributed by atoms with Crippen LogP contribution in [0.1, 0.15) is 30.9 Å². The van der Waals surface area contributed by atoms with Crippen molar-refractivity contribution in [1.29, 1.82) is 0 Å². The van der Waals surface area contributed by atoms with Gasteiger partial charge in [0.25, 0.3) is 0 Å². The molecule has 1 aliphatic heterocycles. The number of aromatic hydroxyl groups is 1. The highest BCUT2D eigenvalue weighted by atomic mass is 32.1. The Hall–Kier alpha value is -2.06. The van der Waals surface area contributed by atoms with Gasteiger partial charge < -0.3 is 14.7 Å². The molecule has 1 N–H and O–H groups in total. The maximum atomic E-state index is 14.1. The first-order chi connectivity index (χ1) is 12.4. The summed E-state index contributed by atoms with van der Waals surface area (Å²) in [7, 11) is 0. The number of carbonyl (C=O) groups is 1. The molecule has 2 fully saturated rings. The zero-order valence-corrected chi connectivity index (χ0v) is 15.0. The van der Waals surface area contributed by atoms with Crippen LogP contribution in [0, 0.1) is 17.0 Å². The summed E-state index contributed by atoms with van der Waals surface area (Å²) < 4.78 is 33.3. The third kappa shape index (κ3) is 2.97. The van der Waals surface area contributed by atoms with E-state index in [1.54, 1.807) is 10.3 Å². The van der Waals surface area contributed by atoms with E-state index in [0.717, 1.165) is 25.0 Å². The number of thiazole rings is 1.